The Morgan fingerprint density at radius 3 is 2.18 bits per heavy atom. The van der Waals surface area contributed by atoms with Crippen molar-refractivity contribution in [3.8, 4) is 0 Å². The summed E-state index contributed by atoms with van der Waals surface area (Å²) in [7, 11) is 0. The third-order valence-electron chi connectivity index (χ3n) is 4.40. The van der Waals surface area contributed by atoms with E-state index < -0.39 is 0 Å². The first kappa shape index (κ1) is 19.5. The molecule has 2 aromatic carbocycles. The predicted octanol–water partition coefficient (Wildman–Crippen LogP) is 4.59. The van der Waals surface area contributed by atoms with E-state index in [1.165, 1.54) is 0 Å². The smallest absolute Gasteiger partial charge is 0.254 e. The summed E-state index contributed by atoms with van der Waals surface area (Å²) < 4.78 is 0. The third kappa shape index (κ3) is 5.39. The number of aromatic nitrogens is 2. The Hall–Kier alpha value is -3.21. The van der Waals surface area contributed by atoms with Crippen molar-refractivity contribution >= 4 is 17.5 Å². The van der Waals surface area contributed by atoms with Crippen LogP contribution < -0.4 is 10.2 Å². The maximum absolute atomic E-state index is 12.3. The quantitative estimate of drug-likeness (QED) is 0.626. The van der Waals surface area contributed by atoms with Gasteiger partial charge in [-0.2, -0.15) is 0 Å². The lowest BCUT2D eigenvalue weighted by Crippen LogP contribution is -2.26. The van der Waals surface area contributed by atoms with E-state index in [0.717, 1.165) is 17.7 Å². The Morgan fingerprint density at radius 1 is 0.964 bits per heavy atom. The molecule has 0 aliphatic rings. The molecule has 1 amide bonds. The van der Waals surface area contributed by atoms with Gasteiger partial charge in [-0.25, -0.2) is 9.97 Å². The fourth-order valence-electron chi connectivity index (χ4n) is 2.81. The standard InChI is InChI=1S/C23H26N4O/c1-18(2)13-14-24-22(28)20-15-25-23(26-16-20)27(21-11-7-4-8-12-21)17-19-9-5-3-6-10-19/h3-12,15-16,18H,13-14,17H2,1-2H3,(H,24,28). The molecule has 0 radical (unpaired) electrons. The molecular weight excluding hydrogens is 348 g/mol. The molecule has 1 N–H and O–H groups in total. The minimum Gasteiger partial charge on any atom is -0.352 e. The normalized spacial score (nSPS) is 10.7. The van der Waals surface area contributed by atoms with Gasteiger partial charge in [-0.05, 0) is 30.0 Å². The number of carbonyl (C=O) groups is 1. The molecule has 3 rings (SSSR count). The molecule has 3 aromatic rings. The van der Waals surface area contributed by atoms with Crippen LogP contribution in [0.5, 0.6) is 0 Å². The summed E-state index contributed by atoms with van der Waals surface area (Å²) in [6, 6.07) is 20.2. The van der Waals surface area contributed by atoms with Gasteiger partial charge in [0, 0.05) is 24.6 Å². The lowest BCUT2D eigenvalue weighted by molar-refractivity contribution is 0.0951. The molecular formula is C23H26N4O. The first-order chi connectivity index (χ1) is 13.6. The zero-order valence-electron chi connectivity index (χ0n) is 16.4. The maximum Gasteiger partial charge on any atom is 0.254 e. The fraction of sp³-hybridized carbons (Fsp3) is 0.261. The second-order valence-corrected chi connectivity index (χ2v) is 7.12. The van der Waals surface area contributed by atoms with E-state index in [9.17, 15) is 4.79 Å². The summed E-state index contributed by atoms with van der Waals surface area (Å²) in [5, 5.41) is 2.92. The molecule has 0 unspecified atom stereocenters. The molecule has 0 spiro atoms. The minimum absolute atomic E-state index is 0.137. The highest BCUT2D eigenvalue weighted by molar-refractivity contribution is 5.93. The van der Waals surface area contributed by atoms with Crippen molar-refractivity contribution in [2.75, 3.05) is 11.4 Å². The number of anilines is 2. The van der Waals surface area contributed by atoms with E-state index in [1.54, 1.807) is 12.4 Å². The number of carbonyl (C=O) groups excluding carboxylic acids is 1. The molecule has 5 heteroatoms. The van der Waals surface area contributed by atoms with Crippen LogP contribution in [0.3, 0.4) is 0 Å². The van der Waals surface area contributed by atoms with Crippen LogP contribution in [0.1, 0.15) is 36.2 Å². The average molecular weight is 374 g/mol. The Bertz CT molecular complexity index is 864. The highest BCUT2D eigenvalue weighted by atomic mass is 16.1. The van der Waals surface area contributed by atoms with Crippen molar-refractivity contribution in [2.24, 2.45) is 5.92 Å². The number of benzene rings is 2. The highest BCUT2D eigenvalue weighted by Gasteiger charge is 2.14. The van der Waals surface area contributed by atoms with Crippen LogP contribution in [0.4, 0.5) is 11.6 Å². The third-order valence-corrected chi connectivity index (χ3v) is 4.40. The molecule has 5 nitrogen and oxygen atoms in total. The second-order valence-electron chi connectivity index (χ2n) is 7.12. The number of hydrogen-bond acceptors (Lipinski definition) is 4. The van der Waals surface area contributed by atoms with E-state index in [-0.39, 0.29) is 5.91 Å². The van der Waals surface area contributed by atoms with Crippen LogP contribution in [-0.4, -0.2) is 22.4 Å². The van der Waals surface area contributed by atoms with Crippen molar-refractivity contribution in [3.05, 3.63) is 84.2 Å². The van der Waals surface area contributed by atoms with Gasteiger partial charge in [-0.3, -0.25) is 4.79 Å². The Morgan fingerprint density at radius 2 is 1.57 bits per heavy atom. The number of para-hydroxylation sites is 1. The van der Waals surface area contributed by atoms with Gasteiger partial charge in [0.1, 0.15) is 0 Å². The van der Waals surface area contributed by atoms with Crippen molar-refractivity contribution in [1.82, 2.24) is 15.3 Å². The number of nitrogens with one attached hydrogen (secondary N) is 1. The van der Waals surface area contributed by atoms with Crippen molar-refractivity contribution in [1.29, 1.82) is 0 Å². The number of hydrogen-bond donors (Lipinski definition) is 1. The van der Waals surface area contributed by atoms with Gasteiger partial charge >= 0.3 is 0 Å². The molecule has 0 fully saturated rings. The first-order valence-corrected chi connectivity index (χ1v) is 9.60. The van der Waals surface area contributed by atoms with E-state index >= 15 is 0 Å². The molecule has 0 aliphatic heterocycles. The lowest BCUT2D eigenvalue weighted by Gasteiger charge is -2.23. The summed E-state index contributed by atoms with van der Waals surface area (Å²) in [6.45, 7) is 5.57. The van der Waals surface area contributed by atoms with Crippen molar-refractivity contribution in [3.63, 3.8) is 0 Å². The SMILES string of the molecule is CC(C)CCNC(=O)c1cnc(N(Cc2ccccc2)c2ccccc2)nc1. The van der Waals surface area contributed by atoms with Gasteiger partial charge in [0.25, 0.3) is 5.91 Å². The fourth-order valence-corrected chi connectivity index (χ4v) is 2.81. The second kappa shape index (κ2) is 9.65. The monoisotopic (exact) mass is 374 g/mol. The minimum atomic E-state index is -0.137. The van der Waals surface area contributed by atoms with Crippen LogP contribution in [0.15, 0.2) is 73.1 Å². The Balaban J connectivity index is 1.78. The summed E-state index contributed by atoms with van der Waals surface area (Å²) in [5.41, 5.74) is 2.63. The van der Waals surface area contributed by atoms with Gasteiger partial charge in [0.2, 0.25) is 5.95 Å². The molecule has 0 saturated carbocycles. The largest absolute Gasteiger partial charge is 0.352 e. The topological polar surface area (TPSA) is 58.1 Å². The summed E-state index contributed by atoms with van der Waals surface area (Å²) in [6.07, 6.45) is 4.13. The van der Waals surface area contributed by atoms with Gasteiger partial charge in [-0.15, -0.1) is 0 Å². The maximum atomic E-state index is 12.3. The molecule has 28 heavy (non-hydrogen) atoms. The first-order valence-electron chi connectivity index (χ1n) is 9.60. The number of rotatable bonds is 8. The van der Waals surface area contributed by atoms with Crippen LogP contribution in [0.25, 0.3) is 0 Å². The van der Waals surface area contributed by atoms with Crippen LogP contribution in [0.2, 0.25) is 0 Å². The molecule has 1 aromatic heterocycles. The van der Waals surface area contributed by atoms with Gasteiger partial charge < -0.3 is 10.2 Å². The molecule has 0 aliphatic carbocycles. The van der Waals surface area contributed by atoms with Crippen molar-refractivity contribution in [2.45, 2.75) is 26.8 Å². The number of nitrogens with zero attached hydrogens (tertiary/aromatic N) is 3. The van der Waals surface area contributed by atoms with E-state index in [4.69, 9.17) is 0 Å². The number of amides is 1. The van der Waals surface area contributed by atoms with Crippen LogP contribution in [0, 0.1) is 5.92 Å². The molecule has 0 bridgehead atoms. The van der Waals surface area contributed by atoms with Gasteiger partial charge in [0.05, 0.1) is 12.1 Å². The molecule has 0 atom stereocenters. The highest BCUT2D eigenvalue weighted by Crippen LogP contribution is 2.24. The van der Waals surface area contributed by atoms with E-state index in [1.807, 2.05) is 53.4 Å². The van der Waals surface area contributed by atoms with Crippen molar-refractivity contribution < 1.29 is 4.79 Å². The molecule has 1 heterocycles. The summed E-state index contributed by atoms with van der Waals surface area (Å²) in [4.78, 5) is 23.2. The van der Waals surface area contributed by atoms with Gasteiger partial charge in [0.15, 0.2) is 0 Å². The predicted molar refractivity (Wildman–Crippen MR) is 113 cm³/mol. The molecule has 144 valence electrons. The zero-order valence-corrected chi connectivity index (χ0v) is 16.4. The van der Waals surface area contributed by atoms with E-state index in [2.05, 4.69) is 41.3 Å². The van der Waals surface area contributed by atoms with Crippen LogP contribution in [-0.2, 0) is 6.54 Å². The Kier molecular flexibility index (Phi) is 6.73. The summed E-state index contributed by atoms with van der Waals surface area (Å²) in [5.74, 6) is 0.978. The van der Waals surface area contributed by atoms with E-state index in [0.29, 0.717) is 30.5 Å². The average Bonchev–Trinajstić information content (AvgIpc) is 2.73. The van der Waals surface area contributed by atoms with Crippen LogP contribution >= 0.6 is 0 Å². The van der Waals surface area contributed by atoms with Gasteiger partial charge in [-0.1, -0.05) is 62.4 Å². The summed E-state index contributed by atoms with van der Waals surface area (Å²) >= 11 is 0. The Labute approximate surface area is 166 Å². The molecule has 0 saturated heterocycles. The lowest BCUT2D eigenvalue weighted by atomic mass is 10.1. The zero-order chi connectivity index (χ0) is 19.8.